The normalized spacial score (nSPS) is 14.8. The van der Waals surface area contributed by atoms with Crippen LogP contribution in [-0.4, -0.2) is 68.9 Å². The second-order valence-electron chi connectivity index (χ2n) is 8.62. The molecule has 2 N–H and O–H groups in total. The molecule has 10 heteroatoms. The van der Waals surface area contributed by atoms with Gasteiger partial charge >= 0.3 is 0 Å². The van der Waals surface area contributed by atoms with E-state index >= 15 is 0 Å². The first-order valence-electron chi connectivity index (χ1n) is 11.9. The van der Waals surface area contributed by atoms with Crippen molar-refractivity contribution in [2.75, 3.05) is 38.1 Å². The van der Waals surface area contributed by atoms with Gasteiger partial charge in [-0.25, -0.2) is 14.5 Å². The van der Waals surface area contributed by atoms with Crippen molar-refractivity contribution < 1.29 is 0 Å². The number of nitrogens with one attached hydrogen (secondary N) is 2. The Morgan fingerprint density at radius 3 is 2.67 bits per heavy atom. The molecule has 0 amide bonds. The Kier molecular flexibility index (Phi) is 7.20. The average molecular weight is 502 g/mol. The van der Waals surface area contributed by atoms with Crippen LogP contribution in [0.15, 0.2) is 61.3 Å². The van der Waals surface area contributed by atoms with E-state index in [9.17, 15) is 0 Å². The van der Waals surface area contributed by atoms with E-state index in [2.05, 4.69) is 31.3 Å². The van der Waals surface area contributed by atoms with Crippen LogP contribution in [0.3, 0.4) is 0 Å². The van der Waals surface area contributed by atoms with Gasteiger partial charge in [-0.2, -0.15) is 5.10 Å². The van der Waals surface area contributed by atoms with E-state index in [1.165, 1.54) is 6.21 Å². The van der Waals surface area contributed by atoms with Crippen molar-refractivity contribution in [2.45, 2.75) is 13.0 Å². The number of anilines is 1. The quantitative estimate of drug-likeness (QED) is 0.355. The number of aromatic nitrogens is 5. The molecule has 0 aromatic carbocycles. The first-order valence-corrected chi connectivity index (χ1v) is 12.3. The highest BCUT2D eigenvalue weighted by atomic mass is 35.5. The molecule has 9 nitrogen and oxygen atoms in total. The molecule has 184 valence electrons. The maximum atomic E-state index is 7.55. The number of rotatable bonds is 8. The summed E-state index contributed by atoms with van der Waals surface area (Å²) in [5, 5.41) is 15.5. The first-order chi connectivity index (χ1) is 17.7. The lowest BCUT2D eigenvalue weighted by molar-refractivity contribution is 0.246. The van der Waals surface area contributed by atoms with Crippen LogP contribution >= 0.6 is 11.6 Å². The molecule has 0 spiro atoms. The molecule has 5 heterocycles. The smallest absolute Gasteiger partial charge is 0.128 e. The molecule has 1 aliphatic rings. The first kappa shape index (κ1) is 23.9. The van der Waals surface area contributed by atoms with E-state index in [-0.39, 0.29) is 0 Å². The van der Waals surface area contributed by atoms with Crippen molar-refractivity contribution in [3.63, 3.8) is 0 Å². The molecule has 0 aliphatic carbocycles. The maximum absolute atomic E-state index is 7.55. The third kappa shape index (κ3) is 5.07. The second kappa shape index (κ2) is 10.8. The summed E-state index contributed by atoms with van der Waals surface area (Å²) < 4.78 is 1.74. The van der Waals surface area contributed by atoms with Crippen molar-refractivity contribution in [1.82, 2.24) is 34.8 Å². The molecule has 4 aromatic heterocycles. The molecular weight excluding hydrogens is 474 g/mol. The Morgan fingerprint density at radius 1 is 1.11 bits per heavy atom. The zero-order valence-corrected chi connectivity index (χ0v) is 20.9. The highest BCUT2D eigenvalue weighted by molar-refractivity contribution is 6.34. The number of allylic oxidation sites excluding steroid dienone is 1. The molecule has 36 heavy (non-hydrogen) atoms. The molecule has 1 fully saturated rings. The van der Waals surface area contributed by atoms with Crippen molar-refractivity contribution in [2.24, 2.45) is 0 Å². The SMILES string of the molecule is CN/C=C(\CC=N)c1cn2ncc(Cl)c2c(-c2ccc(N3CCN(Cc4ccccn4)CC3)nc2)n1. The standard InChI is InChI=1S/C26H28ClN9/c1-29-14-19(7-8-28)23-18-36-26(22(27)16-32-36)25(33-23)20-5-6-24(31-15-20)35-12-10-34(11-13-35)17-21-4-2-3-9-30-21/h2-6,8-9,14-16,18,28-29H,7,10-13,17H2,1H3/b19-14+,28-8?. The molecule has 1 aliphatic heterocycles. The summed E-state index contributed by atoms with van der Waals surface area (Å²) in [6.07, 6.45) is 10.8. The number of halogens is 1. The average Bonchev–Trinajstić information content (AvgIpc) is 3.30. The molecule has 0 radical (unpaired) electrons. The van der Waals surface area contributed by atoms with E-state index in [0.717, 1.165) is 66.6 Å². The van der Waals surface area contributed by atoms with E-state index in [0.29, 0.717) is 17.1 Å². The third-order valence-corrected chi connectivity index (χ3v) is 6.53. The summed E-state index contributed by atoms with van der Waals surface area (Å²) in [6, 6.07) is 10.1. The number of pyridine rings is 2. The van der Waals surface area contributed by atoms with Gasteiger partial charge in [0.05, 0.1) is 34.5 Å². The van der Waals surface area contributed by atoms with Crippen LogP contribution in [0.2, 0.25) is 5.02 Å². The van der Waals surface area contributed by atoms with Crippen LogP contribution in [0, 0.1) is 5.41 Å². The van der Waals surface area contributed by atoms with Crippen LogP contribution in [0.25, 0.3) is 22.3 Å². The summed E-state index contributed by atoms with van der Waals surface area (Å²) in [7, 11) is 1.83. The van der Waals surface area contributed by atoms with Gasteiger partial charge in [-0.05, 0) is 30.5 Å². The fraction of sp³-hybridized carbons (Fsp3) is 0.269. The van der Waals surface area contributed by atoms with Crippen molar-refractivity contribution in [3.8, 4) is 11.3 Å². The van der Waals surface area contributed by atoms with E-state index in [1.807, 2.05) is 56.1 Å². The van der Waals surface area contributed by atoms with E-state index < -0.39 is 0 Å². The molecular formula is C26H28ClN9. The monoisotopic (exact) mass is 501 g/mol. The minimum absolute atomic E-state index is 0.456. The Hall–Kier alpha value is -3.82. The number of nitrogens with zero attached hydrogens (tertiary/aromatic N) is 7. The van der Waals surface area contributed by atoms with Gasteiger partial charge in [0.2, 0.25) is 0 Å². The maximum Gasteiger partial charge on any atom is 0.128 e. The molecule has 0 unspecified atom stereocenters. The molecule has 0 saturated carbocycles. The molecule has 0 bridgehead atoms. The van der Waals surface area contributed by atoms with Gasteiger partial charge in [0.25, 0.3) is 0 Å². The second-order valence-corrected chi connectivity index (χ2v) is 9.02. The van der Waals surface area contributed by atoms with Crippen molar-refractivity contribution in [1.29, 1.82) is 5.41 Å². The summed E-state index contributed by atoms with van der Waals surface area (Å²) >= 11 is 6.48. The topological polar surface area (TPSA) is 98.3 Å². The molecule has 5 rings (SSSR count). The highest BCUT2D eigenvalue weighted by Crippen LogP contribution is 2.31. The van der Waals surface area contributed by atoms with Gasteiger partial charge in [0.1, 0.15) is 11.3 Å². The van der Waals surface area contributed by atoms with Gasteiger partial charge in [-0.3, -0.25) is 9.88 Å². The van der Waals surface area contributed by atoms with Crippen LogP contribution in [0.4, 0.5) is 5.82 Å². The van der Waals surface area contributed by atoms with Crippen molar-refractivity contribution in [3.05, 3.63) is 77.7 Å². The fourth-order valence-corrected chi connectivity index (χ4v) is 4.65. The lowest BCUT2D eigenvalue weighted by Gasteiger charge is -2.35. The predicted octanol–water partition coefficient (Wildman–Crippen LogP) is 3.76. The summed E-state index contributed by atoms with van der Waals surface area (Å²) in [4.78, 5) is 18.9. The van der Waals surface area contributed by atoms with E-state index in [4.69, 9.17) is 27.0 Å². The van der Waals surface area contributed by atoms with Crippen LogP contribution in [0.1, 0.15) is 17.8 Å². The molecule has 1 saturated heterocycles. The zero-order valence-electron chi connectivity index (χ0n) is 20.1. The van der Waals surface area contributed by atoms with Gasteiger partial charge in [-0.15, -0.1) is 0 Å². The lowest BCUT2D eigenvalue weighted by atomic mass is 10.1. The number of hydrogen-bond donors (Lipinski definition) is 2. The van der Waals surface area contributed by atoms with Crippen LogP contribution in [-0.2, 0) is 6.54 Å². The van der Waals surface area contributed by atoms with E-state index in [1.54, 1.807) is 10.7 Å². The van der Waals surface area contributed by atoms with Gasteiger partial charge in [-0.1, -0.05) is 17.7 Å². The largest absolute Gasteiger partial charge is 0.394 e. The van der Waals surface area contributed by atoms with Gasteiger partial charge < -0.3 is 15.6 Å². The summed E-state index contributed by atoms with van der Waals surface area (Å²) in [5.74, 6) is 0.947. The van der Waals surface area contributed by atoms with Crippen LogP contribution < -0.4 is 10.2 Å². The van der Waals surface area contributed by atoms with Gasteiger partial charge in [0.15, 0.2) is 0 Å². The Morgan fingerprint density at radius 2 is 1.97 bits per heavy atom. The Bertz CT molecular complexity index is 1360. The summed E-state index contributed by atoms with van der Waals surface area (Å²) in [5.41, 5.74) is 5.01. The number of fused-ring (bicyclic) bond motifs is 1. The highest BCUT2D eigenvalue weighted by Gasteiger charge is 2.20. The zero-order chi connectivity index (χ0) is 24.9. The van der Waals surface area contributed by atoms with Crippen LogP contribution in [0.5, 0.6) is 0 Å². The Labute approximate surface area is 215 Å². The number of piperazine rings is 1. The third-order valence-electron chi connectivity index (χ3n) is 6.25. The Balaban J connectivity index is 1.36. The van der Waals surface area contributed by atoms with Gasteiger partial charge in [0, 0.05) is 75.9 Å². The lowest BCUT2D eigenvalue weighted by Crippen LogP contribution is -2.46. The minimum Gasteiger partial charge on any atom is -0.394 e. The fourth-order valence-electron chi connectivity index (χ4n) is 4.43. The van der Waals surface area contributed by atoms with Crippen molar-refractivity contribution >= 4 is 34.7 Å². The minimum atomic E-state index is 0.456. The number of hydrogen-bond acceptors (Lipinski definition) is 8. The summed E-state index contributed by atoms with van der Waals surface area (Å²) in [6.45, 7) is 4.61. The predicted molar refractivity (Wildman–Crippen MR) is 143 cm³/mol. The molecule has 4 aromatic rings. The molecule has 0 atom stereocenters.